The second-order valence-corrected chi connectivity index (χ2v) is 13.6. The Kier molecular flexibility index (Phi) is 31.0. The van der Waals surface area contributed by atoms with Gasteiger partial charge in [-0.3, -0.25) is 14.1 Å². The van der Waals surface area contributed by atoms with Gasteiger partial charge in [-0.05, 0) is 32.1 Å². The van der Waals surface area contributed by atoms with Crippen molar-refractivity contribution in [3.8, 4) is 0 Å². The van der Waals surface area contributed by atoms with Crippen LogP contribution >= 0.6 is 7.82 Å². The first-order valence-corrected chi connectivity index (χ1v) is 19.9. The molecule has 0 aliphatic rings. The van der Waals surface area contributed by atoms with E-state index in [0.717, 1.165) is 25.7 Å². The van der Waals surface area contributed by atoms with E-state index >= 15 is 0 Å². The molecular formula is C38H65O11P. The summed E-state index contributed by atoms with van der Waals surface area (Å²) in [5.41, 5.74) is 0. The van der Waals surface area contributed by atoms with Gasteiger partial charge in [0, 0.05) is 12.8 Å². The third kappa shape index (κ3) is 32.8. The minimum atomic E-state index is -4.83. The summed E-state index contributed by atoms with van der Waals surface area (Å²) < 4.78 is 26.1. The molecule has 0 aliphatic heterocycles. The Hall–Kier alpha value is -2.37. The number of phosphoric acid groups is 1. The van der Waals surface area contributed by atoms with Gasteiger partial charge >= 0.3 is 19.8 Å². The molecule has 0 radical (unpaired) electrons. The highest BCUT2D eigenvalue weighted by molar-refractivity contribution is 7.46. The van der Waals surface area contributed by atoms with Crippen molar-refractivity contribution < 1.29 is 53.3 Å². The van der Waals surface area contributed by atoms with Gasteiger partial charge in [-0.2, -0.15) is 0 Å². The molecular weight excluding hydrogens is 663 g/mol. The zero-order valence-corrected chi connectivity index (χ0v) is 31.3. The Morgan fingerprint density at radius 2 is 1.20 bits per heavy atom. The van der Waals surface area contributed by atoms with E-state index in [0.29, 0.717) is 12.8 Å². The molecule has 0 amide bonds. The number of carbonyl (C=O) groups excluding carboxylic acids is 2. The van der Waals surface area contributed by atoms with E-state index in [1.807, 2.05) is 19.1 Å². The molecule has 5 N–H and O–H groups in total. The summed E-state index contributed by atoms with van der Waals surface area (Å²) in [4.78, 5) is 42.7. The number of aliphatic hydroxyl groups is 3. The highest BCUT2D eigenvalue weighted by Gasteiger charge is 2.23. The second-order valence-electron chi connectivity index (χ2n) is 12.4. The third-order valence-electron chi connectivity index (χ3n) is 7.64. The Balaban J connectivity index is 4.36. The lowest BCUT2D eigenvalue weighted by molar-refractivity contribution is -0.161. The van der Waals surface area contributed by atoms with Gasteiger partial charge in [0.15, 0.2) is 6.10 Å². The van der Waals surface area contributed by atoms with Gasteiger partial charge in [-0.15, -0.1) is 0 Å². The Labute approximate surface area is 300 Å². The molecule has 0 aromatic heterocycles. The molecule has 0 unspecified atom stereocenters. The molecule has 0 aromatic carbocycles. The first kappa shape index (κ1) is 47.6. The number of hydrogen-bond acceptors (Lipinski definition) is 9. The van der Waals surface area contributed by atoms with Crippen LogP contribution in [-0.2, 0) is 28.2 Å². The fourth-order valence-electron chi connectivity index (χ4n) is 4.77. The van der Waals surface area contributed by atoms with Gasteiger partial charge < -0.3 is 34.6 Å². The molecule has 0 spiro atoms. The van der Waals surface area contributed by atoms with E-state index in [9.17, 15) is 29.5 Å². The maximum absolute atomic E-state index is 12.3. The molecule has 0 fully saturated rings. The first-order valence-electron chi connectivity index (χ1n) is 18.4. The smallest absolute Gasteiger partial charge is 0.462 e. The van der Waals surface area contributed by atoms with Crippen molar-refractivity contribution >= 4 is 19.8 Å². The second kappa shape index (κ2) is 32.5. The number of phosphoric ester groups is 1. The zero-order valence-electron chi connectivity index (χ0n) is 30.4. The summed E-state index contributed by atoms with van der Waals surface area (Å²) in [6.07, 6.45) is 29.0. The number of esters is 2. The molecule has 0 heterocycles. The van der Waals surface area contributed by atoms with Gasteiger partial charge in [-0.1, -0.05) is 145 Å². The molecule has 0 rings (SSSR count). The van der Waals surface area contributed by atoms with Crippen LogP contribution in [-0.4, -0.2) is 74.7 Å². The zero-order chi connectivity index (χ0) is 37.3. The average molecular weight is 729 g/mol. The van der Waals surface area contributed by atoms with E-state index < -0.39 is 57.4 Å². The molecule has 50 heavy (non-hydrogen) atoms. The standard InChI is InChI=1S/C38H65O11P/c1-3-5-7-8-9-10-11-12-13-14-19-23-29-38(43)49-34(32-48-50(44,45)46)31-47-37(42)30-24-28-36(41)35(40)27-22-18-16-15-17-21-26-33(39)25-20-6-4-2/h6,15-18,20-22,26-27,33-36,39-41H,3-5,7-14,19,23-25,28-32H2,1-2H3,(H2,44,45,46)/b17-15+,18-16-,20-6-,26-21+,27-22-/t33-,34-,35+,36+/m1/s1. The maximum Gasteiger partial charge on any atom is 0.469 e. The topological polar surface area (TPSA) is 180 Å². The lowest BCUT2D eigenvalue weighted by Gasteiger charge is -2.18. The van der Waals surface area contributed by atoms with E-state index in [-0.39, 0.29) is 25.7 Å². The third-order valence-corrected chi connectivity index (χ3v) is 8.13. The van der Waals surface area contributed by atoms with Crippen LogP contribution in [0.25, 0.3) is 0 Å². The van der Waals surface area contributed by atoms with Crippen LogP contribution in [0.5, 0.6) is 0 Å². The number of aliphatic hydroxyl groups excluding tert-OH is 3. The van der Waals surface area contributed by atoms with Gasteiger partial charge in [0.05, 0.1) is 24.9 Å². The number of carbonyl (C=O) groups is 2. The lowest BCUT2D eigenvalue weighted by atomic mass is 10.0. The average Bonchev–Trinajstić information content (AvgIpc) is 3.07. The SMILES string of the molecule is CC/C=C\C[C@@H](O)/C=C/C=C/C=C\C=C/[C@H](O)[C@@H](O)CCCC(=O)OC[C@H](COP(=O)(O)O)OC(=O)CCCCCCCCCCCCCC. The quantitative estimate of drug-likeness (QED) is 0.0152. The van der Waals surface area contributed by atoms with Crippen LogP contribution in [0.1, 0.15) is 129 Å². The Morgan fingerprint density at radius 1 is 0.660 bits per heavy atom. The van der Waals surface area contributed by atoms with Crippen LogP contribution in [0.4, 0.5) is 0 Å². The van der Waals surface area contributed by atoms with Crippen molar-refractivity contribution in [1.82, 2.24) is 0 Å². The van der Waals surface area contributed by atoms with Gasteiger partial charge in [0.25, 0.3) is 0 Å². The molecule has 0 aromatic rings. The summed E-state index contributed by atoms with van der Waals surface area (Å²) in [7, 11) is -4.83. The fraction of sp³-hybridized carbons (Fsp3) is 0.684. The van der Waals surface area contributed by atoms with Crippen molar-refractivity contribution in [2.24, 2.45) is 0 Å². The van der Waals surface area contributed by atoms with Crippen molar-refractivity contribution in [1.29, 1.82) is 0 Å². The van der Waals surface area contributed by atoms with Crippen molar-refractivity contribution in [2.45, 2.75) is 154 Å². The van der Waals surface area contributed by atoms with Gasteiger partial charge in [0.2, 0.25) is 0 Å². The minimum absolute atomic E-state index is 0.0891. The van der Waals surface area contributed by atoms with Gasteiger partial charge in [-0.25, -0.2) is 4.57 Å². The first-order chi connectivity index (χ1) is 24.0. The predicted molar refractivity (Wildman–Crippen MR) is 197 cm³/mol. The van der Waals surface area contributed by atoms with Crippen LogP contribution in [0.2, 0.25) is 0 Å². The van der Waals surface area contributed by atoms with Gasteiger partial charge in [0.1, 0.15) is 6.61 Å². The highest BCUT2D eigenvalue weighted by Crippen LogP contribution is 2.36. The monoisotopic (exact) mass is 728 g/mol. The number of rotatable bonds is 32. The molecule has 0 bridgehead atoms. The molecule has 12 heteroatoms. The minimum Gasteiger partial charge on any atom is -0.462 e. The number of unbranched alkanes of at least 4 members (excludes halogenated alkanes) is 11. The fourth-order valence-corrected chi connectivity index (χ4v) is 5.13. The van der Waals surface area contributed by atoms with Crippen molar-refractivity contribution in [2.75, 3.05) is 13.2 Å². The van der Waals surface area contributed by atoms with Crippen LogP contribution < -0.4 is 0 Å². The number of hydrogen-bond donors (Lipinski definition) is 5. The predicted octanol–water partition coefficient (Wildman–Crippen LogP) is 7.48. The normalized spacial score (nSPS) is 15.1. The summed E-state index contributed by atoms with van der Waals surface area (Å²) in [5, 5.41) is 30.1. The number of allylic oxidation sites excluding steroid dienone is 7. The highest BCUT2D eigenvalue weighted by atomic mass is 31.2. The Morgan fingerprint density at radius 3 is 1.78 bits per heavy atom. The van der Waals surface area contributed by atoms with E-state index in [2.05, 4.69) is 11.4 Å². The summed E-state index contributed by atoms with van der Waals surface area (Å²) in [5.74, 6) is -1.22. The largest absolute Gasteiger partial charge is 0.469 e. The summed E-state index contributed by atoms with van der Waals surface area (Å²) >= 11 is 0. The molecule has 11 nitrogen and oxygen atoms in total. The van der Waals surface area contributed by atoms with Crippen LogP contribution in [0.3, 0.4) is 0 Å². The van der Waals surface area contributed by atoms with E-state index in [4.69, 9.17) is 19.3 Å². The molecule has 0 aliphatic carbocycles. The van der Waals surface area contributed by atoms with Crippen molar-refractivity contribution in [3.63, 3.8) is 0 Å². The van der Waals surface area contributed by atoms with E-state index in [1.54, 1.807) is 42.5 Å². The summed E-state index contributed by atoms with van der Waals surface area (Å²) in [6, 6.07) is 0. The van der Waals surface area contributed by atoms with Crippen LogP contribution in [0.15, 0.2) is 60.8 Å². The molecule has 0 saturated heterocycles. The molecule has 4 atom stereocenters. The van der Waals surface area contributed by atoms with Crippen molar-refractivity contribution in [3.05, 3.63) is 60.8 Å². The van der Waals surface area contributed by atoms with Crippen LogP contribution in [0, 0.1) is 0 Å². The molecule has 0 saturated carbocycles. The maximum atomic E-state index is 12.3. The summed E-state index contributed by atoms with van der Waals surface area (Å²) in [6.45, 7) is 3.17. The van der Waals surface area contributed by atoms with E-state index in [1.165, 1.54) is 57.4 Å². The number of ether oxygens (including phenoxy) is 2. The lowest BCUT2D eigenvalue weighted by Crippen LogP contribution is -2.29. The molecule has 288 valence electrons. The Bertz CT molecular complexity index is 1050.